The smallest absolute Gasteiger partial charge is 0.265 e. The minimum Gasteiger partial charge on any atom is -0.382 e. The van der Waals surface area contributed by atoms with Gasteiger partial charge in [-0.1, -0.05) is 11.3 Å². The van der Waals surface area contributed by atoms with E-state index in [0.717, 1.165) is 11.7 Å². The Hall–Kier alpha value is -1.34. The van der Waals surface area contributed by atoms with Crippen molar-refractivity contribution in [3.8, 4) is 0 Å². The van der Waals surface area contributed by atoms with E-state index in [4.69, 9.17) is 10.5 Å². The van der Waals surface area contributed by atoms with Gasteiger partial charge in [-0.25, -0.2) is 4.98 Å². The SMILES string of the molecule is CCN(C)c1nc(N)c(C(=O)NCC(C)(C)OC)s1. The molecule has 0 aromatic carbocycles. The van der Waals surface area contributed by atoms with Gasteiger partial charge < -0.3 is 20.7 Å². The fourth-order valence-corrected chi connectivity index (χ4v) is 2.15. The second-order valence-electron chi connectivity index (χ2n) is 4.87. The van der Waals surface area contributed by atoms with Crippen LogP contribution in [-0.2, 0) is 4.74 Å². The van der Waals surface area contributed by atoms with Crippen molar-refractivity contribution in [2.45, 2.75) is 26.4 Å². The number of carbonyl (C=O) groups excluding carboxylic acids is 1. The number of thiazole rings is 1. The van der Waals surface area contributed by atoms with Gasteiger partial charge in [-0.3, -0.25) is 4.79 Å². The van der Waals surface area contributed by atoms with Crippen LogP contribution in [0.1, 0.15) is 30.4 Å². The number of rotatable bonds is 6. The highest BCUT2D eigenvalue weighted by Gasteiger charge is 2.21. The predicted molar refractivity (Wildman–Crippen MR) is 78.9 cm³/mol. The molecule has 1 aromatic rings. The number of anilines is 2. The molecule has 19 heavy (non-hydrogen) atoms. The van der Waals surface area contributed by atoms with Crippen LogP contribution in [0.3, 0.4) is 0 Å². The zero-order valence-corrected chi connectivity index (χ0v) is 12.9. The molecule has 0 bridgehead atoms. The van der Waals surface area contributed by atoms with E-state index < -0.39 is 5.60 Å². The first kappa shape index (κ1) is 15.7. The first-order chi connectivity index (χ1) is 8.80. The van der Waals surface area contributed by atoms with E-state index in [1.54, 1.807) is 7.11 Å². The molecule has 0 radical (unpaired) electrons. The number of nitrogen functional groups attached to an aromatic ring is 1. The molecule has 1 rings (SSSR count). The van der Waals surface area contributed by atoms with Crippen molar-refractivity contribution in [1.82, 2.24) is 10.3 Å². The number of hydrogen-bond acceptors (Lipinski definition) is 6. The lowest BCUT2D eigenvalue weighted by atomic mass is 10.1. The third-order valence-electron chi connectivity index (χ3n) is 2.88. The molecule has 0 fully saturated rings. The van der Waals surface area contributed by atoms with Crippen LogP contribution in [0.15, 0.2) is 0 Å². The molecular weight excluding hydrogens is 264 g/mol. The molecule has 1 amide bonds. The van der Waals surface area contributed by atoms with Gasteiger partial charge in [-0.05, 0) is 20.8 Å². The Morgan fingerprint density at radius 2 is 2.21 bits per heavy atom. The molecule has 0 saturated carbocycles. The lowest BCUT2D eigenvalue weighted by molar-refractivity contribution is 0.0229. The highest BCUT2D eigenvalue weighted by molar-refractivity contribution is 7.18. The number of nitrogens with two attached hydrogens (primary N) is 1. The second-order valence-corrected chi connectivity index (χ2v) is 5.85. The molecule has 6 nitrogen and oxygen atoms in total. The zero-order valence-electron chi connectivity index (χ0n) is 12.1. The third kappa shape index (κ3) is 4.07. The maximum Gasteiger partial charge on any atom is 0.265 e. The van der Waals surface area contributed by atoms with E-state index in [-0.39, 0.29) is 11.7 Å². The predicted octanol–water partition coefficient (Wildman–Crippen LogP) is 1.34. The average Bonchev–Trinajstić information content (AvgIpc) is 2.77. The Labute approximate surface area is 118 Å². The molecule has 1 heterocycles. The van der Waals surface area contributed by atoms with E-state index in [2.05, 4.69) is 10.3 Å². The van der Waals surface area contributed by atoms with Gasteiger partial charge in [0.25, 0.3) is 5.91 Å². The molecule has 7 heteroatoms. The van der Waals surface area contributed by atoms with Crippen LogP contribution in [0.25, 0.3) is 0 Å². The number of aromatic nitrogens is 1. The van der Waals surface area contributed by atoms with Gasteiger partial charge in [0.05, 0.1) is 5.60 Å². The molecule has 0 aliphatic rings. The lowest BCUT2D eigenvalue weighted by Gasteiger charge is -2.22. The standard InChI is InChI=1S/C12H22N4O2S/c1-6-16(4)11-15-9(13)8(19-11)10(17)14-7-12(2,3)18-5/h6-7,13H2,1-5H3,(H,14,17). The van der Waals surface area contributed by atoms with Crippen LogP contribution in [0, 0.1) is 0 Å². The minimum absolute atomic E-state index is 0.212. The summed E-state index contributed by atoms with van der Waals surface area (Å²) in [6.45, 7) is 7.04. The largest absolute Gasteiger partial charge is 0.382 e. The van der Waals surface area contributed by atoms with Gasteiger partial charge in [0.1, 0.15) is 10.7 Å². The number of ether oxygens (including phenoxy) is 1. The molecule has 1 aromatic heterocycles. The van der Waals surface area contributed by atoms with Crippen LogP contribution in [0.4, 0.5) is 10.9 Å². The molecule has 108 valence electrons. The fraction of sp³-hybridized carbons (Fsp3) is 0.667. The quantitative estimate of drug-likeness (QED) is 0.825. The Morgan fingerprint density at radius 1 is 1.58 bits per heavy atom. The van der Waals surface area contributed by atoms with E-state index in [1.807, 2.05) is 32.7 Å². The Balaban J connectivity index is 2.75. The maximum atomic E-state index is 12.1. The van der Waals surface area contributed by atoms with Gasteiger partial charge in [-0.2, -0.15) is 0 Å². The highest BCUT2D eigenvalue weighted by Crippen LogP contribution is 2.27. The average molecular weight is 286 g/mol. The number of hydrogen-bond donors (Lipinski definition) is 2. The van der Waals surface area contributed by atoms with Crippen molar-refractivity contribution >= 4 is 28.2 Å². The van der Waals surface area contributed by atoms with Crippen molar-refractivity contribution in [3.63, 3.8) is 0 Å². The van der Waals surface area contributed by atoms with Gasteiger partial charge in [0.2, 0.25) is 0 Å². The summed E-state index contributed by atoms with van der Waals surface area (Å²) in [6, 6.07) is 0. The molecular formula is C12H22N4O2S. The molecule has 0 aliphatic heterocycles. The number of carbonyl (C=O) groups is 1. The van der Waals surface area contributed by atoms with Gasteiger partial charge >= 0.3 is 0 Å². The number of amides is 1. The monoisotopic (exact) mass is 286 g/mol. The van der Waals surface area contributed by atoms with E-state index >= 15 is 0 Å². The second kappa shape index (κ2) is 6.21. The first-order valence-electron chi connectivity index (χ1n) is 6.11. The fourth-order valence-electron chi connectivity index (χ4n) is 1.23. The van der Waals surface area contributed by atoms with Crippen molar-refractivity contribution in [3.05, 3.63) is 4.88 Å². The summed E-state index contributed by atoms with van der Waals surface area (Å²) in [5.74, 6) is 0.0592. The van der Waals surface area contributed by atoms with Crippen LogP contribution < -0.4 is 16.0 Å². The summed E-state index contributed by atoms with van der Waals surface area (Å²) < 4.78 is 5.25. The molecule has 0 unspecified atom stereocenters. The molecule has 0 aliphatic carbocycles. The number of methoxy groups -OCH3 is 1. The van der Waals surface area contributed by atoms with Gasteiger partial charge in [-0.15, -0.1) is 0 Å². The molecule has 3 N–H and O–H groups in total. The van der Waals surface area contributed by atoms with E-state index in [9.17, 15) is 4.79 Å². The van der Waals surface area contributed by atoms with Crippen molar-refractivity contribution in [1.29, 1.82) is 0 Å². The van der Waals surface area contributed by atoms with Crippen molar-refractivity contribution in [2.24, 2.45) is 0 Å². The number of nitrogens with zero attached hydrogens (tertiary/aromatic N) is 2. The first-order valence-corrected chi connectivity index (χ1v) is 6.93. The summed E-state index contributed by atoms with van der Waals surface area (Å²) in [5, 5.41) is 3.56. The summed E-state index contributed by atoms with van der Waals surface area (Å²) in [4.78, 5) is 18.6. The normalized spacial score (nSPS) is 11.4. The minimum atomic E-state index is -0.405. The van der Waals surface area contributed by atoms with Gasteiger partial charge in [0, 0.05) is 27.2 Å². The molecule has 0 spiro atoms. The summed E-state index contributed by atoms with van der Waals surface area (Å²) in [7, 11) is 3.52. The Bertz CT molecular complexity index is 445. The van der Waals surface area contributed by atoms with Crippen LogP contribution >= 0.6 is 11.3 Å². The lowest BCUT2D eigenvalue weighted by Crippen LogP contribution is -2.39. The van der Waals surface area contributed by atoms with Crippen LogP contribution in [-0.4, -0.2) is 43.7 Å². The van der Waals surface area contributed by atoms with Crippen LogP contribution in [0.2, 0.25) is 0 Å². The van der Waals surface area contributed by atoms with Crippen molar-refractivity contribution in [2.75, 3.05) is 37.9 Å². The Kier molecular flexibility index (Phi) is 5.13. The molecule has 0 saturated heterocycles. The highest BCUT2D eigenvalue weighted by atomic mass is 32.1. The van der Waals surface area contributed by atoms with Crippen molar-refractivity contribution < 1.29 is 9.53 Å². The third-order valence-corrected chi connectivity index (χ3v) is 4.06. The summed E-state index contributed by atoms with van der Waals surface area (Å²) in [6.07, 6.45) is 0. The number of nitrogens with one attached hydrogen (secondary N) is 1. The topological polar surface area (TPSA) is 80.5 Å². The zero-order chi connectivity index (χ0) is 14.6. The van der Waals surface area contributed by atoms with E-state index in [0.29, 0.717) is 11.4 Å². The molecule has 0 atom stereocenters. The van der Waals surface area contributed by atoms with E-state index in [1.165, 1.54) is 11.3 Å². The maximum absolute atomic E-state index is 12.1. The summed E-state index contributed by atoms with van der Waals surface area (Å²) >= 11 is 1.30. The summed E-state index contributed by atoms with van der Waals surface area (Å²) in [5.41, 5.74) is 5.38. The van der Waals surface area contributed by atoms with Gasteiger partial charge in [0.15, 0.2) is 5.13 Å². The van der Waals surface area contributed by atoms with Crippen LogP contribution in [0.5, 0.6) is 0 Å². The Morgan fingerprint density at radius 3 is 2.74 bits per heavy atom.